The second kappa shape index (κ2) is 6.28. The molecule has 1 saturated carbocycles. The lowest BCUT2D eigenvalue weighted by atomic mass is 9.94. The van der Waals surface area contributed by atoms with Gasteiger partial charge < -0.3 is 15.7 Å². The number of aromatic nitrogens is 2. The smallest absolute Gasteiger partial charge is 0.150 e. The van der Waals surface area contributed by atoms with Gasteiger partial charge in [-0.15, -0.1) is 0 Å². The quantitative estimate of drug-likeness (QED) is 0.854. The van der Waals surface area contributed by atoms with Gasteiger partial charge >= 0.3 is 0 Å². The van der Waals surface area contributed by atoms with Crippen LogP contribution in [0.5, 0.6) is 0 Å². The topological polar surface area (TPSA) is 67.3 Å². The first-order valence-corrected chi connectivity index (χ1v) is 7.39. The zero-order valence-electron chi connectivity index (χ0n) is 12.1. The van der Waals surface area contributed by atoms with Crippen molar-refractivity contribution in [1.29, 1.82) is 0 Å². The molecule has 0 radical (unpaired) electrons. The van der Waals surface area contributed by atoms with Gasteiger partial charge in [0.25, 0.3) is 0 Å². The normalized spacial score (nSPS) is 16.8. The lowest BCUT2D eigenvalue weighted by Crippen LogP contribution is -2.40. The molecule has 0 saturated heterocycles. The molecule has 1 aliphatic carbocycles. The maximum absolute atomic E-state index is 9.38. The second-order valence-electron chi connectivity index (χ2n) is 5.35. The van der Waals surface area contributed by atoms with E-state index in [2.05, 4.69) is 16.9 Å². The van der Waals surface area contributed by atoms with Crippen LogP contribution in [-0.2, 0) is 6.54 Å². The first-order valence-electron chi connectivity index (χ1n) is 7.39. The zero-order valence-corrected chi connectivity index (χ0v) is 12.1. The molecule has 3 N–H and O–H groups in total. The van der Waals surface area contributed by atoms with E-state index in [-0.39, 0.29) is 6.61 Å². The molecule has 0 atom stereocenters. The van der Waals surface area contributed by atoms with E-state index in [0.29, 0.717) is 12.6 Å². The van der Waals surface area contributed by atoms with Crippen molar-refractivity contribution in [1.82, 2.24) is 9.78 Å². The van der Waals surface area contributed by atoms with Gasteiger partial charge in [0.05, 0.1) is 18.0 Å². The fraction of sp³-hybridized carbons (Fsp3) is 0.786. The van der Waals surface area contributed by atoms with Crippen molar-refractivity contribution in [3.05, 3.63) is 5.69 Å². The van der Waals surface area contributed by atoms with Crippen LogP contribution in [0.3, 0.4) is 0 Å². The van der Waals surface area contributed by atoms with Crippen molar-refractivity contribution in [3.8, 4) is 0 Å². The van der Waals surface area contributed by atoms with Gasteiger partial charge in [-0.05, 0) is 26.7 Å². The number of hydrogen-bond donors (Lipinski definition) is 2. The molecule has 0 amide bonds. The third-order valence-corrected chi connectivity index (χ3v) is 4.07. The predicted molar refractivity (Wildman–Crippen MR) is 78.4 cm³/mol. The molecule has 5 heteroatoms. The summed E-state index contributed by atoms with van der Waals surface area (Å²) < 4.78 is 1.97. The summed E-state index contributed by atoms with van der Waals surface area (Å²) in [4.78, 5) is 2.28. The third kappa shape index (κ3) is 2.86. The van der Waals surface area contributed by atoms with E-state index >= 15 is 0 Å². The van der Waals surface area contributed by atoms with E-state index in [1.807, 2.05) is 11.6 Å². The first kappa shape index (κ1) is 14.2. The number of aliphatic hydroxyl groups excluding tert-OH is 1. The van der Waals surface area contributed by atoms with E-state index < -0.39 is 0 Å². The number of nitrogens with zero attached hydrogens (tertiary/aromatic N) is 3. The lowest BCUT2D eigenvalue weighted by Gasteiger charge is -2.36. The van der Waals surface area contributed by atoms with Gasteiger partial charge in [-0.1, -0.05) is 19.3 Å². The average molecular weight is 266 g/mol. The molecule has 0 unspecified atom stereocenters. The minimum atomic E-state index is 0.157. The highest BCUT2D eigenvalue weighted by Crippen LogP contribution is 2.32. The molecule has 1 aliphatic rings. The maximum atomic E-state index is 9.38. The largest absolute Gasteiger partial charge is 0.395 e. The summed E-state index contributed by atoms with van der Waals surface area (Å²) >= 11 is 0. The zero-order chi connectivity index (χ0) is 13.8. The van der Waals surface area contributed by atoms with Crippen molar-refractivity contribution in [2.45, 2.75) is 58.5 Å². The molecule has 1 aromatic heterocycles. The number of nitrogens with two attached hydrogens (primary N) is 1. The minimum Gasteiger partial charge on any atom is -0.395 e. The molecule has 1 aromatic rings. The molecule has 19 heavy (non-hydrogen) atoms. The Balaban J connectivity index is 2.31. The molecule has 0 aromatic carbocycles. The SMILES string of the molecule is CCn1nc(C)c(N)c1N(CCO)C1CCCCC1. The highest BCUT2D eigenvalue weighted by Gasteiger charge is 2.26. The molecule has 108 valence electrons. The van der Waals surface area contributed by atoms with Gasteiger partial charge in [0.15, 0.2) is 5.82 Å². The summed E-state index contributed by atoms with van der Waals surface area (Å²) in [5.41, 5.74) is 7.86. The van der Waals surface area contributed by atoms with Gasteiger partial charge in [-0.25, -0.2) is 4.68 Å². The Bertz CT molecular complexity index is 410. The van der Waals surface area contributed by atoms with E-state index in [9.17, 15) is 5.11 Å². The summed E-state index contributed by atoms with van der Waals surface area (Å²) in [6.07, 6.45) is 6.24. The molecule has 1 heterocycles. The van der Waals surface area contributed by atoms with E-state index in [4.69, 9.17) is 5.73 Å². The Morgan fingerprint density at radius 3 is 2.63 bits per heavy atom. The molecule has 0 bridgehead atoms. The number of nitrogen functional groups attached to an aromatic ring is 1. The molecular weight excluding hydrogens is 240 g/mol. The summed E-state index contributed by atoms with van der Waals surface area (Å²) in [7, 11) is 0. The highest BCUT2D eigenvalue weighted by atomic mass is 16.3. The number of anilines is 2. The average Bonchev–Trinajstić information content (AvgIpc) is 2.73. The summed E-state index contributed by atoms with van der Waals surface area (Å²) in [6, 6.07) is 0.490. The Hall–Kier alpha value is -1.23. The minimum absolute atomic E-state index is 0.157. The molecule has 0 spiro atoms. The number of aryl methyl sites for hydroxylation is 2. The van der Waals surface area contributed by atoms with Crippen LogP contribution in [0.4, 0.5) is 11.5 Å². The number of hydrogen-bond acceptors (Lipinski definition) is 4. The standard InChI is InChI=1S/C14H26N4O/c1-3-18-14(13(15)11(2)16-18)17(9-10-19)12-7-5-4-6-8-12/h12,19H,3-10,15H2,1-2H3. The Morgan fingerprint density at radius 2 is 2.05 bits per heavy atom. The first-order chi connectivity index (χ1) is 9.19. The van der Waals surface area contributed by atoms with Crippen molar-refractivity contribution in [2.24, 2.45) is 0 Å². The molecule has 5 nitrogen and oxygen atoms in total. The fourth-order valence-electron chi connectivity index (χ4n) is 3.07. The van der Waals surface area contributed by atoms with Crippen molar-refractivity contribution in [3.63, 3.8) is 0 Å². The van der Waals surface area contributed by atoms with Gasteiger partial charge in [0.1, 0.15) is 0 Å². The van der Waals surface area contributed by atoms with Crippen LogP contribution in [0.15, 0.2) is 0 Å². The Labute approximate surface area is 115 Å². The lowest BCUT2D eigenvalue weighted by molar-refractivity contribution is 0.288. The summed E-state index contributed by atoms with van der Waals surface area (Å²) in [5, 5.41) is 13.9. The van der Waals surface area contributed by atoms with E-state index in [0.717, 1.165) is 23.7 Å². The van der Waals surface area contributed by atoms with Crippen LogP contribution >= 0.6 is 0 Å². The van der Waals surface area contributed by atoms with Crippen LogP contribution < -0.4 is 10.6 Å². The monoisotopic (exact) mass is 266 g/mol. The molecular formula is C14H26N4O. The Kier molecular flexibility index (Phi) is 4.69. The number of rotatable bonds is 5. The molecule has 2 rings (SSSR count). The van der Waals surface area contributed by atoms with Crippen LogP contribution in [0.1, 0.15) is 44.7 Å². The fourth-order valence-corrected chi connectivity index (χ4v) is 3.07. The highest BCUT2D eigenvalue weighted by molar-refractivity contribution is 5.66. The summed E-state index contributed by atoms with van der Waals surface area (Å²) in [6.45, 7) is 5.63. The predicted octanol–water partition coefficient (Wildman–Crippen LogP) is 1.93. The van der Waals surface area contributed by atoms with Gasteiger partial charge in [-0.2, -0.15) is 5.10 Å². The third-order valence-electron chi connectivity index (χ3n) is 4.07. The number of aliphatic hydroxyl groups is 1. The van der Waals surface area contributed by atoms with Crippen LogP contribution in [0.2, 0.25) is 0 Å². The van der Waals surface area contributed by atoms with Crippen molar-refractivity contribution < 1.29 is 5.11 Å². The van der Waals surface area contributed by atoms with E-state index in [1.54, 1.807) is 0 Å². The van der Waals surface area contributed by atoms with Crippen LogP contribution in [-0.4, -0.2) is 34.1 Å². The van der Waals surface area contributed by atoms with Crippen molar-refractivity contribution in [2.75, 3.05) is 23.8 Å². The van der Waals surface area contributed by atoms with Crippen LogP contribution in [0.25, 0.3) is 0 Å². The van der Waals surface area contributed by atoms with Gasteiger partial charge in [0, 0.05) is 19.1 Å². The maximum Gasteiger partial charge on any atom is 0.150 e. The van der Waals surface area contributed by atoms with Gasteiger partial charge in [-0.3, -0.25) is 0 Å². The Morgan fingerprint density at radius 1 is 1.37 bits per heavy atom. The van der Waals surface area contributed by atoms with Crippen molar-refractivity contribution >= 4 is 11.5 Å². The second-order valence-corrected chi connectivity index (χ2v) is 5.35. The molecule has 0 aliphatic heterocycles. The molecule has 1 fully saturated rings. The van der Waals surface area contributed by atoms with Gasteiger partial charge in [0.2, 0.25) is 0 Å². The van der Waals surface area contributed by atoms with Crippen LogP contribution in [0, 0.1) is 6.92 Å². The summed E-state index contributed by atoms with van der Waals surface area (Å²) in [5.74, 6) is 1.00. The van der Waals surface area contributed by atoms with E-state index in [1.165, 1.54) is 32.1 Å².